The van der Waals surface area contributed by atoms with Gasteiger partial charge in [-0.25, -0.2) is 39.5 Å². The first-order chi connectivity index (χ1) is 28.5. The largest absolute Gasteiger partial charge is 0.445 e. The molecule has 18 nitrogen and oxygen atoms in total. The molecule has 0 unspecified atom stereocenters. The van der Waals surface area contributed by atoms with E-state index >= 15 is 0 Å². The number of nitrogen functional groups attached to an aromatic ring is 1. The number of thiazole rings is 2. The number of alkyl carbamates (subject to hydrolysis) is 1. The number of carbonyl (C=O) groups excluding carboxylic acids is 2. The van der Waals surface area contributed by atoms with Crippen LogP contribution >= 0.6 is 22.7 Å². The summed E-state index contributed by atoms with van der Waals surface area (Å²) in [5.41, 5.74) is 15.7. The predicted octanol–water partition coefficient (Wildman–Crippen LogP) is 6.09. The first-order valence-corrected chi connectivity index (χ1v) is 20.1. The van der Waals surface area contributed by atoms with Crippen LogP contribution in [0.2, 0.25) is 0 Å². The summed E-state index contributed by atoms with van der Waals surface area (Å²) in [6, 6.07) is 16.6. The van der Waals surface area contributed by atoms with Crippen LogP contribution in [-0.2, 0) is 42.0 Å². The molecule has 2 amide bonds. The van der Waals surface area contributed by atoms with E-state index < -0.39 is 17.8 Å². The highest BCUT2D eigenvalue weighted by molar-refractivity contribution is 7.18. The summed E-state index contributed by atoms with van der Waals surface area (Å²) in [4.78, 5) is 60.7. The highest BCUT2D eigenvalue weighted by atomic mass is 32.1. The van der Waals surface area contributed by atoms with Crippen molar-refractivity contribution >= 4 is 78.6 Å². The van der Waals surface area contributed by atoms with Crippen molar-refractivity contribution in [3.05, 3.63) is 107 Å². The van der Waals surface area contributed by atoms with E-state index in [1.807, 2.05) is 36.4 Å². The Balaban J connectivity index is 0.000000234. The molecule has 7 rings (SSSR count). The third-order valence-electron chi connectivity index (χ3n) is 7.96. The number of hydrogen-bond donors (Lipinski definition) is 6. The molecule has 6 heterocycles. The Bertz CT molecular complexity index is 2480. The number of fused-ring (bicyclic) bond motifs is 2. The fourth-order valence-electron chi connectivity index (χ4n) is 5.28. The van der Waals surface area contributed by atoms with Gasteiger partial charge in [-0.3, -0.25) is 15.3 Å². The SMILES string of the molecule is CC(C)(C)OC(=O)Nc1cccnc1CNc1ncnc2sc(CCNC(=O)OCc3ccccc3)nc12.NCCc1nc2c(NCc3ncccc3N)ncnc2s1. The minimum Gasteiger partial charge on any atom is -0.445 e. The average Bonchev–Trinajstić information content (AvgIpc) is 3.84. The van der Waals surface area contributed by atoms with Crippen molar-refractivity contribution < 1.29 is 19.1 Å². The number of hydrogen-bond acceptors (Lipinski definition) is 18. The third-order valence-corrected chi connectivity index (χ3v) is 10.0. The van der Waals surface area contributed by atoms with E-state index in [-0.39, 0.29) is 6.61 Å². The maximum atomic E-state index is 12.2. The zero-order valence-corrected chi connectivity index (χ0v) is 34.3. The van der Waals surface area contributed by atoms with E-state index in [0.29, 0.717) is 66.8 Å². The predicted molar refractivity (Wildman–Crippen MR) is 229 cm³/mol. The molecule has 20 heteroatoms. The van der Waals surface area contributed by atoms with Gasteiger partial charge in [0.1, 0.15) is 45.6 Å². The Kier molecular flexibility index (Phi) is 14.4. The number of carbonyl (C=O) groups is 2. The van der Waals surface area contributed by atoms with Crippen LogP contribution in [0.3, 0.4) is 0 Å². The molecule has 0 aliphatic rings. The summed E-state index contributed by atoms with van der Waals surface area (Å²) in [5.74, 6) is 1.23. The van der Waals surface area contributed by atoms with Gasteiger partial charge in [-0.1, -0.05) is 53.0 Å². The van der Waals surface area contributed by atoms with Crippen LogP contribution in [0.25, 0.3) is 20.7 Å². The van der Waals surface area contributed by atoms with Crippen LogP contribution in [0.4, 0.5) is 32.6 Å². The van der Waals surface area contributed by atoms with Gasteiger partial charge in [0.25, 0.3) is 0 Å². The second kappa shape index (κ2) is 20.2. The lowest BCUT2D eigenvalue weighted by Crippen LogP contribution is -2.27. The van der Waals surface area contributed by atoms with Gasteiger partial charge < -0.3 is 36.9 Å². The number of ether oxygens (including phenoxy) is 2. The number of nitrogens with zero attached hydrogens (tertiary/aromatic N) is 8. The standard InChI is InChI=1S/C26H29N7O4S.C13H15N7S/c1-26(2,3)37-25(35)32-18-10-7-12-27-19(18)14-29-22-21-23(31-16-30-22)38-20(33-21)11-13-28-24(34)36-15-17-8-5-4-6-9-17;14-4-3-10-20-11-12(18-7-19-13(11)21-10)17-6-9-8(15)2-1-5-16-9/h4-10,12,16H,11,13-15H2,1-3H3,(H,28,34)(H,32,35)(H,29,30,31);1-2,5,7H,3-4,6,14-15H2,(H,17,18,19). The first-order valence-electron chi connectivity index (χ1n) is 18.5. The number of nitrogens with two attached hydrogens (primary N) is 2. The van der Waals surface area contributed by atoms with Crippen molar-refractivity contribution in [3.8, 4) is 0 Å². The van der Waals surface area contributed by atoms with Gasteiger partial charge in [-0.2, -0.15) is 0 Å². The Morgan fingerprint density at radius 3 is 1.97 bits per heavy atom. The van der Waals surface area contributed by atoms with Crippen molar-refractivity contribution in [3.63, 3.8) is 0 Å². The molecule has 1 aromatic carbocycles. The Morgan fingerprint density at radius 1 is 0.729 bits per heavy atom. The molecule has 0 spiro atoms. The number of nitrogens with one attached hydrogen (secondary N) is 4. The van der Waals surface area contributed by atoms with Gasteiger partial charge in [0, 0.05) is 31.8 Å². The van der Waals surface area contributed by atoms with E-state index in [1.54, 1.807) is 51.4 Å². The fraction of sp³-hybridized carbons (Fsp3) is 0.282. The van der Waals surface area contributed by atoms with Gasteiger partial charge in [0.15, 0.2) is 11.6 Å². The van der Waals surface area contributed by atoms with Gasteiger partial charge in [-0.05, 0) is 57.1 Å². The maximum absolute atomic E-state index is 12.2. The van der Waals surface area contributed by atoms with E-state index in [0.717, 1.165) is 42.9 Å². The summed E-state index contributed by atoms with van der Waals surface area (Å²) in [6.45, 7) is 7.33. The zero-order valence-electron chi connectivity index (χ0n) is 32.6. The van der Waals surface area contributed by atoms with Gasteiger partial charge in [0.05, 0.1) is 45.9 Å². The molecule has 0 bridgehead atoms. The Morgan fingerprint density at radius 2 is 1.34 bits per heavy atom. The van der Waals surface area contributed by atoms with Gasteiger partial charge in [-0.15, -0.1) is 0 Å². The number of amides is 2. The second-order valence-electron chi connectivity index (χ2n) is 13.6. The highest BCUT2D eigenvalue weighted by Crippen LogP contribution is 2.27. The zero-order chi connectivity index (χ0) is 41.6. The lowest BCUT2D eigenvalue weighted by atomic mass is 10.2. The molecule has 0 saturated heterocycles. The van der Waals surface area contributed by atoms with E-state index in [1.165, 1.54) is 35.3 Å². The topological polar surface area (TPSA) is 256 Å². The lowest BCUT2D eigenvalue weighted by molar-refractivity contribution is 0.0635. The van der Waals surface area contributed by atoms with Crippen molar-refractivity contribution in [1.82, 2.24) is 45.2 Å². The molecular formula is C39H44N14O4S2. The van der Waals surface area contributed by atoms with E-state index in [9.17, 15) is 9.59 Å². The van der Waals surface area contributed by atoms with Crippen LogP contribution in [0, 0.1) is 0 Å². The third kappa shape index (κ3) is 12.4. The summed E-state index contributed by atoms with van der Waals surface area (Å²) < 4.78 is 10.6. The second-order valence-corrected chi connectivity index (χ2v) is 15.7. The van der Waals surface area contributed by atoms with E-state index in [4.69, 9.17) is 20.9 Å². The number of pyridine rings is 2. The number of aromatic nitrogens is 8. The maximum Gasteiger partial charge on any atom is 0.412 e. The quantitative estimate of drug-likeness (QED) is 0.0725. The van der Waals surface area contributed by atoms with Crippen LogP contribution in [0.1, 0.15) is 47.7 Å². The molecule has 8 N–H and O–H groups in total. The molecule has 59 heavy (non-hydrogen) atoms. The number of rotatable bonds is 14. The minimum atomic E-state index is -0.614. The van der Waals surface area contributed by atoms with Crippen LogP contribution < -0.4 is 32.7 Å². The normalized spacial score (nSPS) is 11.1. The van der Waals surface area contributed by atoms with Crippen LogP contribution in [0.5, 0.6) is 0 Å². The van der Waals surface area contributed by atoms with Crippen molar-refractivity contribution in [2.45, 2.75) is 58.9 Å². The molecule has 6 aromatic heterocycles. The van der Waals surface area contributed by atoms with Crippen molar-refractivity contribution in [2.24, 2.45) is 5.73 Å². The number of benzene rings is 1. The molecule has 0 atom stereocenters. The molecular weight excluding hydrogens is 793 g/mol. The van der Waals surface area contributed by atoms with Gasteiger partial charge >= 0.3 is 12.2 Å². The summed E-state index contributed by atoms with van der Waals surface area (Å²) in [6.07, 6.45) is 6.57. The Hall–Kier alpha value is -6.64. The monoisotopic (exact) mass is 836 g/mol. The molecule has 306 valence electrons. The lowest BCUT2D eigenvalue weighted by Gasteiger charge is -2.20. The highest BCUT2D eigenvalue weighted by Gasteiger charge is 2.18. The summed E-state index contributed by atoms with van der Waals surface area (Å²) in [5, 5.41) is 13.7. The summed E-state index contributed by atoms with van der Waals surface area (Å²) in [7, 11) is 0. The van der Waals surface area contributed by atoms with Crippen molar-refractivity contribution in [1.29, 1.82) is 0 Å². The minimum absolute atomic E-state index is 0.212. The van der Waals surface area contributed by atoms with Gasteiger partial charge in [0.2, 0.25) is 0 Å². The van der Waals surface area contributed by atoms with E-state index in [2.05, 4.69) is 61.1 Å². The smallest absolute Gasteiger partial charge is 0.412 e. The van der Waals surface area contributed by atoms with Crippen LogP contribution in [-0.4, -0.2) is 70.7 Å². The number of anilines is 4. The molecule has 0 saturated carbocycles. The molecule has 0 aliphatic carbocycles. The molecule has 0 fully saturated rings. The fourth-order valence-corrected chi connectivity index (χ4v) is 7.10. The summed E-state index contributed by atoms with van der Waals surface area (Å²) >= 11 is 2.97. The molecule has 0 aliphatic heterocycles. The molecule has 0 radical (unpaired) electrons. The average molecular weight is 837 g/mol. The Labute approximate surface area is 347 Å². The molecule has 7 aromatic rings. The van der Waals surface area contributed by atoms with Crippen molar-refractivity contribution in [2.75, 3.05) is 34.8 Å². The first kappa shape index (κ1) is 42.0. The van der Waals surface area contributed by atoms with Crippen LogP contribution in [0.15, 0.2) is 79.6 Å².